The van der Waals surface area contributed by atoms with Crippen molar-refractivity contribution in [1.29, 1.82) is 0 Å². The van der Waals surface area contributed by atoms with E-state index in [0.29, 0.717) is 10.8 Å². The van der Waals surface area contributed by atoms with Crippen LogP contribution in [-0.4, -0.2) is 30.7 Å². The molecule has 0 aliphatic heterocycles. The van der Waals surface area contributed by atoms with Crippen molar-refractivity contribution >= 4 is 27.7 Å². The fraction of sp³-hybridized carbons (Fsp3) is 0.188. The molecule has 0 aromatic heterocycles. The van der Waals surface area contributed by atoms with Crippen LogP contribution >= 0.6 is 11.6 Å². The number of halogens is 1. The van der Waals surface area contributed by atoms with Gasteiger partial charge in [0, 0.05) is 11.1 Å². The standard InChI is InChI=1S/C16H15ClO7S/c1-10(9-23-12-4-2-11(17)3-5-12)16(19)24-13-6-7-14(18)15(8-13)25(20,21)22/h2-8,10,18H,9H2,1H3,(H,20,21,22). The summed E-state index contributed by atoms with van der Waals surface area (Å²) < 4.78 is 41.8. The lowest BCUT2D eigenvalue weighted by Gasteiger charge is -2.13. The summed E-state index contributed by atoms with van der Waals surface area (Å²) in [7, 11) is -4.64. The van der Waals surface area contributed by atoms with E-state index in [1.165, 1.54) is 6.07 Å². The van der Waals surface area contributed by atoms with Crippen molar-refractivity contribution in [3.63, 3.8) is 0 Å². The van der Waals surface area contributed by atoms with Gasteiger partial charge in [-0.1, -0.05) is 11.6 Å². The molecule has 134 valence electrons. The third-order valence-electron chi connectivity index (χ3n) is 3.14. The molecule has 0 saturated carbocycles. The Hall–Kier alpha value is -2.29. The van der Waals surface area contributed by atoms with Crippen LogP contribution in [-0.2, 0) is 14.9 Å². The average Bonchev–Trinajstić information content (AvgIpc) is 2.54. The van der Waals surface area contributed by atoms with E-state index in [9.17, 15) is 18.3 Å². The van der Waals surface area contributed by atoms with Gasteiger partial charge in [0.1, 0.15) is 28.8 Å². The first-order chi connectivity index (χ1) is 11.7. The quantitative estimate of drug-likeness (QED) is 0.446. The second-order valence-electron chi connectivity index (χ2n) is 5.19. The molecular formula is C16H15ClO7S. The van der Waals surface area contributed by atoms with E-state index in [1.807, 2.05) is 0 Å². The zero-order valence-electron chi connectivity index (χ0n) is 13.0. The van der Waals surface area contributed by atoms with E-state index >= 15 is 0 Å². The van der Waals surface area contributed by atoms with E-state index in [1.54, 1.807) is 31.2 Å². The van der Waals surface area contributed by atoms with Crippen molar-refractivity contribution in [3.05, 3.63) is 47.5 Å². The van der Waals surface area contributed by atoms with Crippen molar-refractivity contribution in [2.75, 3.05) is 6.61 Å². The maximum Gasteiger partial charge on any atom is 0.317 e. The minimum absolute atomic E-state index is 0.0315. The summed E-state index contributed by atoms with van der Waals surface area (Å²) in [5.41, 5.74) is 0. The Morgan fingerprint density at radius 2 is 1.76 bits per heavy atom. The van der Waals surface area contributed by atoms with Crippen LogP contribution in [0.15, 0.2) is 47.4 Å². The predicted octanol–water partition coefficient (Wildman–Crippen LogP) is 2.91. The van der Waals surface area contributed by atoms with Crippen molar-refractivity contribution in [2.24, 2.45) is 5.92 Å². The number of ether oxygens (including phenoxy) is 2. The minimum Gasteiger partial charge on any atom is -0.506 e. The first-order valence-corrected chi connectivity index (χ1v) is 8.89. The van der Waals surface area contributed by atoms with Gasteiger partial charge in [-0.3, -0.25) is 9.35 Å². The van der Waals surface area contributed by atoms with E-state index in [2.05, 4.69) is 0 Å². The van der Waals surface area contributed by atoms with Gasteiger partial charge in [-0.25, -0.2) is 0 Å². The van der Waals surface area contributed by atoms with Crippen LogP contribution in [0.4, 0.5) is 0 Å². The first-order valence-electron chi connectivity index (χ1n) is 7.07. The molecule has 25 heavy (non-hydrogen) atoms. The van der Waals surface area contributed by atoms with Crippen molar-refractivity contribution in [3.8, 4) is 17.2 Å². The molecule has 9 heteroatoms. The summed E-state index contributed by atoms with van der Waals surface area (Å²) in [6.07, 6.45) is 0. The third kappa shape index (κ3) is 5.35. The van der Waals surface area contributed by atoms with Gasteiger partial charge in [-0.2, -0.15) is 8.42 Å². The van der Waals surface area contributed by atoms with Gasteiger partial charge in [0.2, 0.25) is 0 Å². The van der Waals surface area contributed by atoms with Crippen molar-refractivity contribution < 1.29 is 32.3 Å². The van der Waals surface area contributed by atoms with Crippen LogP contribution in [0.3, 0.4) is 0 Å². The number of hydrogen-bond donors (Lipinski definition) is 2. The third-order valence-corrected chi connectivity index (χ3v) is 4.28. The highest BCUT2D eigenvalue weighted by Crippen LogP contribution is 2.27. The molecule has 0 amide bonds. The molecule has 0 saturated heterocycles. The molecule has 0 spiro atoms. The molecule has 2 N–H and O–H groups in total. The first kappa shape index (κ1) is 19.0. The summed E-state index contributed by atoms with van der Waals surface area (Å²) in [6.45, 7) is 1.60. The number of aromatic hydroxyl groups is 1. The molecule has 1 unspecified atom stereocenters. The Morgan fingerprint density at radius 3 is 2.36 bits per heavy atom. The molecular weight excluding hydrogens is 372 g/mol. The highest BCUT2D eigenvalue weighted by molar-refractivity contribution is 7.86. The lowest BCUT2D eigenvalue weighted by Crippen LogP contribution is -2.23. The van der Waals surface area contributed by atoms with Gasteiger partial charge in [-0.05, 0) is 43.3 Å². The van der Waals surface area contributed by atoms with E-state index < -0.39 is 32.7 Å². The van der Waals surface area contributed by atoms with Gasteiger partial charge in [0.15, 0.2) is 0 Å². The van der Waals surface area contributed by atoms with Gasteiger partial charge in [0.25, 0.3) is 10.1 Å². The average molecular weight is 387 g/mol. The number of rotatable bonds is 6. The number of carbonyl (C=O) groups excluding carboxylic acids is 1. The topological polar surface area (TPSA) is 110 Å². The zero-order chi connectivity index (χ0) is 18.6. The largest absolute Gasteiger partial charge is 0.506 e. The highest BCUT2D eigenvalue weighted by Gasteiger charge is 2.20. The molecule has 0 aliphatic carbocycles. The molecule has 0 heterocycles. The van der Waals surface area contributed by atoms with Crippen LogP contribution in [0.25, 0.3) is 0 Å². The molecule has 0 bridgehead atoms. The number of benzene rings is 2. The summed E-state index contributed by atoms with van der Waals surface area (Å²) in [5.74, 6) is -1.57. The number of carbonyl (C=O) groups is 1. The van der Waals surface area contributed by atoms with E-state index in [-0.39, 0.29) is 12.4 Å². The Labute approximate surface area is 149 Å². The molecule has 2 rings (SSSR count). The lowest BCUT2D eigenvalue weighted by atomic mass is 10.2. The van der Waals surface area contributed by atoms with Gasteiger partial charge in [0.05, 0.1) is 5.92 Å². The molecule has 0 fully saturated rings. The fourth-order valence-electron chi connectivity index (χ4n) is 1.80. The Morgan fingerprint density at radius 1 is 1.16 bits per heavy atom. The monoisotopic (exact) mass is 386 g/mol. The SMILES string of the molecule is CC(COc1ccc(Cl)cc1)C(=O)Oc1ccc(O)c(S(=O)(=O)O)c1. The fourth-order valence-corrected chi connectivity index (χ4v) is 2.52. The summed E-state index contributed by atoms with van der Waals surface area (Å²) in [5, 5.41) is 9.99. The number of esters is 1. The second-order valence-corrected chi connectivity index (χ2v) is 7.02. The van der Waals surface area contributed by atoms with Crippen LogP contribution < -0.4 is 9.47 Å². The molecule has 0 aliphatic rings. The van der Waals surface area contributed by atoms with Crippen molar-refractivity contribution in [1.82, 2.24) is 0 Å². The lowest BCUT2D eigenvalue weighted by molar-refractivity contribution is -0.139. The predicted molar refractivity (Wildman–Crippen MR) is 89.7 cm³/mol. The molecule has 2 aromatic carbocycles. The second kappa shape index (κ2) is 7.73. The normalized spacial score (nSPS) is 12.4. The van der Waals surface area contributed by atoms with E-state index in [4.69, 9.17) is 25.6 Å². The maximum absolute atomic E-state index is 12.0. The summed E-state index contributed by atoms with van der Waals surface area (Å²) in [6, 6.07) is 9.66. The Bertz CT molecular complexity index is 863. The molecule has 7 nitrogen and oxygen atoms in total. The molecule has 1 atom stereocenters. The number of phenols is 1. The Kier molecular flexibility index (Phi) is 5.89. The van der Waals surface area contributed by atoms with Gasteiger partial charge < -0.3 is 14.6 Å². The molecule has 2 aromatic rings. The smallest absolute Gasteiger partial charge is 0.317 e. The zero-order valence-corrected chi connectivity index (χ0v) is 14.6. The highest BCUT2D eigenvalue weighted by atomic mass is 35.5. The summed E-state index contributed by atoms with van der Waals surface area (Å²) in [4.78, 5) is 11.3. The summed E-state index contributed by atoms with van der Waals surface area (Å²) >= 11 is 5.76. The molecule has 0 radical (unpaired) electrons. The van der Waals surface area contributed by atoms with E-state index in [0.717, 1.165) is 12.1 Å². The Balaban J connectivity index is 2.00. The van der Waals surface area contributed by atoms with Crippen LogP contribution in [0, 0.1) is 5.92 Å². The number of phenolic OH excluding ortho intramolecular Hbond substituents is 1. The van der Waals surface area contributed by atoms with Gasteiger partial charge >= 0.3 is 5.97 Å². The van der Waals surface area contributed by atoms with Crippen LogP contribution in [0.2, 0.25) is 5.02 Å². The van der Waals surface area contributed by atoms with Gasteiger partial charge in [-0.15, -0.1) is 0 Å². The van der Waals surface area contributed by atoms with Crippen LogP contribution in [0.1, 0.15) is 6.92 Å². The van der Waals surface area contributed by atoms with Crippen LogP contribution in [0.5, 0.6) is 17.2 Å². The number of hydrogen-bond acceptors (Lipinski definition) is 6. The van der Waals surface area contributed by atoms with Crippen molar-refractivity contribution in [2.45, 2.75) is 11.8 Å². The maximum atomic E-state index is 12.0. The minimum atomic E-state index is -4.64.